The lowest BCUT2D eigenvalue weighted by atomic mass is 10.2. The largest absolute Gasteiger partial charge is 0.469 e. The number of hydroxylamine groups is 1. The van der Waals surface area contributed by atoms with Crippen LogP contribution in [-0.2, 0) is 19.2 Å². The van der Waals surface area contributed by atoms with E-state index in [-0.39, 0.29) is 12.8 Å². The maximum Gasteiger partial charge on any atom is 0.362 e. The molecule has 1 N–H and O–H groups in total. The van der Waals surface area contributed by atoms with Gasteiger partial charge in [0, 0.05) is 6.42 Å². The Balaban J connectivity index is 2.31. The van der Waals surface area contributed by atoms with Gasteiger partial charge >= 0.3 is 11.9 Å². The van der Waals surface area contributed by atoms with Crippen LogP contribution in [-0.4, -0.2) is 25.0 Å². The van der Waals surface area contributed by atoms with Gasteiger partial charge in [-0.05, 0) is 12.1 Å². The van der Waals surface area contributed by atoms with Gasteiger partial charge in [-0.1, -0.05) is 18.2 Å². The Hall–Kier alpha value is -2.37. The Morgan fingerprint density at radius 1 is 1.11 bits per heavy atom. The van der Waals surface area contributed by atoms with E-state index >= 15 is 0 Å². The molecule has 1 rings (SSSR count). The lowest BCUT2D eigenvalue weighted by molar-refractivity contribution is -0.143. The fraction of sp³-hybridized carbons (Fsp3) is 0.250. The number of benzene rings is 1. The lowest BCUT2D eigenvalue weighted by Crippen LogP contribution is -2.27. The smallest absolute Gasteiger partial charge is 0.362 e. The second kappa shape index (κ2) is 7.05. The molecule has 0 heterocycles. The van der Waals surface area contributed by atoms with E-state index in [0.717, 1.165) is 0 Å². The summed E-state index contributed by atoms with van der Waals surface area (Å²) in [6.07, 6.45) is -0.167. The van der Waals surface area contributed by atoms with Crippen molar-refractivity contribution in [1.29, 1.82) is 0 Å². The predicted molar refractivity (Wildman–Crippen MR) is 61.3 cm³/mol. The van der Waals surface area contributed by atoms with Crippen molar-refractivity contribution in [3.05, 3.63) is 35.9 Å². The second-order valence-corrected chi connectivity index (χ2v) is 3.36. The molecule has 1 aromatic carbocycles. The number of hydrogen-bond donors (Lipinski definition) is 1. The highest BCUT2D eigenvalue weighted by Crippen LogP contribution is 2.00. The van der Waals surface area contributed by atoms with Gasteiger partial charge in [-0.25, -0.2) is 4.79 Å². The van der Waals surface area contributed by atoms with Gasteiger partial charge in [-0.3, -0.25) is 9.59 Å². The Morgan fingerprint density at radius 3 is 2.39 bits per heavy atom. The molecule has 0 fully saturated rings. The van der Waals surface area contributed by atoms with Gasteiger partial charge in [0.1, 0.15) is 0 Å². The number of hydrogen-bond acceptors (Lipinski definition) is 5. The van der Waals surface area contributed by atoms with Crippen LogP contribution in [0.1, 0.15) is 23.2 Å². The molecule has 0 radical (unpaired) electrons. The minimum Gasteiger partial charge on any atom is -0.469 e. The molecule has 0 aliphatic heterocycles. The van der Waals surface area contributed by atoms with Crippen molar-refractivity contribution in [3.63, 3.8) is 0 Å². The van der Waals surface area contributed by atoms with Gasteiger partial charge < -0.3 is 9.57 Å². The summed E-state index contributed by atoms with van der Waals surface area (Å²) in [4.78, 5) is 37.9. The molecular formula is C12H13NO5. The molecule has 6 heteroatoms. The molecule has 0 saturated heterocycles. The summed E-state index contributed by atoms with van der Waals surface area (Å²) in [6, 6.07) is 8.23. The van der Waals surface area contributed by atoms with Crippen LogP contribution >= 0.6 is 0 Å². The fourth-order valence-electron chi connectivity index (χ4n) is 1.11. The van der Waals surface area contributed by atoms with Crippen molar-refractivity contribution in [3.8, 4) is 0 Å². The monoisotopic (exact) mass is 251 g/mol. The third-order valence-electron chi connectivity index (χ3n) is 2.05. The van der Waals surface area contributed by atoms with Crippen molar-refractivity contribution < 1.29 is 24.0 Å². The van der Waals surface area contributed by atoms with Crippen molar-refractivity contribution in [1.82, 2.24) is 5.48 Å². The number of rotatable bonds is 4. The molecule has 0 saturated carbocycles. The molecule has 0 bridgehead atoms. The number of esters is 1. The van der Waals surface area contributed by atoms with E-state index in [0.29, 0.717) is 5.56 Å². The molecule has 1 aromatic rings. The minimum absolute atomic E-state index is 0.0643. The van der Waals surface area contributed by atoms with Gasteiger partial charge in [-0.2, -0.15) is 5.48 Å². The summed E-state index contributed by atoms with van der Waals surface area (Å²) in [6.45, 7) is 0. The highest BCUT2D eigenvalue weighted by Gasteiger charge is 2.10. The standard InChI is InChI=1S/C12H13NO5/c1-17-11(15)8-7-10(14)13-18-12(16)9-5-3-2-4-6-9/h2-6H,7-8H2,1H3,(H,13,14). The normalized spacial score (nSPS) is 9.39. The molecule has 0 spiro atoms. The number of ether oxygens (including phenoxy) is 1. The highest BCUT2D eigenvalue weighted by atomic mass is 16.7. The average molecular weight is 251 g/mol. The number of carbonyl (C=O) groups excluding carboxylic acids is 3. The maximum atomic E-state index is 11.4. The molecule has 0 aliphatic carbocycles. The molecular weight excluding hydrogens is 238 g/mol. The predicted octanol–water partition coefficient (Wildman–Crippen LogP) is 0.828. The summed E-state index contributed by atoms with van der Waals surface area (Å²) in [7, 11) is 1.23. The van der Waals surface area contributed by atoms with E-state index in [2.05, 4.69) is 9.57 Å². The van der Waals surface area contributed by atoms with Gasteiger partial charge in [0.2, 0.25) is 0 Å². The Bertz CT molecular complexity index is 429. The molecule has 1 amide bonds. The summed E-state index contributed by atoms with van der Waals surface area (Å²) in [5, 5.41) is 0. The summed E-state index contributed by atoms with van der Waals surface area (Å²) in [5.74, 6) is -1.73. The topological polar surface area (TPSA) is 81.7 Å². The summed E-state index contributed by atoms with van der Waals surface area (Å²) in [5.41, 5.74) is 2.29. The third kappa shape index (κ3) is 4.65. The van der Waals surface area contributed by atoms with Crippen molar-refractivity contribution in [2.75, 3.05) is 7.11 Å². The van der Waals surface area contributed by atoms with Gasteiger partial charge in [0.15, 0.2) is 0 Å². The Labute approximate surface area is 104 Å². The average Bonchev–Trinajstić information content (AvgIpc) is 2.42. The van der Waals surface area contributed by atoms with Crippen LogP contribution in [0.2, 0.25) is 0 Å². The number of methoxy groups -OCH3 is 1. The van der Waals surface area contributed by atoms with Crippen LogP contribution in [0.3, 0.4) is 0 Å². The molecule has 6 nitrogen and oxygen atoms in total. The van der Waals surface area contributed by atoms with Crippen LogP contribution in [0.25, 0.3) is 0 Å². The van der Waals surface area contributed by atoms with Crippen LogP contribution < -0.4 is 5.48 Å². The fourth-order valence-corrected chi connectivity index (χ4v) is 1.11. The van der Waals surface area contributed by atoms with Crippen molar-refractivity contribution in [2.45, 2.75) is 12.8 Å². The zero-order valence-electron chi connectivity index (χ0n) is 9.84. The Morgan fingerprint density at radius 2 is 1.78 bits per heavy atom. The molecule has 96 valence electrons. The molecule has 0 aliphatic rings. The number of carbonyl (C=O) groups is 3. The third-order valence-corrected chi connectivity index (χ3v) is 2.05. The van der Waals surface area contributed by atoms with E-state index in [1.165, 1.54) is 7.11 Å². The molecule has 18 heavy (non-hydrogen) atoms. The van der Waals surface area contributed by atoms with Crippen LogP contribution in [0.15, 0.2) is 30.3 Å². The zero-order valence-corrected chi connectivity index (χ0v) is 9.84. The van der Waals surface area contributed by atoms with E-state index in [4.69, 9.17) is 0 Å². The molecule has 0 atom stereocenters. The highest BCUT2D eigenvalue weighted by molar-refractivity contribution is 5.90. The van der Waals surface area contributed by atoms with Crippen LogP contribution in [0.5, 0.6) is 0 Å². The Kier molecular flexibility index (Phi) is 5.37. The number of nitrogens with one attached hydrogen (secondary N) is 1. The van der Waals surface area contributed by atoms with Gasteiger partial charge in [0.25, 0.3) is 5.91 Å². The van der Waals surface area contributed by atoms with E-state index in [1.54, 1.807) is 30.3 Å². The lowest BCUT2D eigenvalue weighted by Gasteiger charge is -2.05. The number of amides is 1. The summed E-state index contributed by atoms with van der Waals surface area (Å²) < 4.78 is 4.37. The zero-order chi connectivity index (χ0) is 13.4. The van der Waals surface area contributed by atoms with Crippen molar-refractivity contribution >= 4 is 17.8 Å². The first-order chi connectivity index (χ1) is 8.63. The van der Waals surface area contributed by atoms with Crippen LogP contribution in [0, 0.1) is 0 Å². The first kappa shape index (κ1) is 13.7. The SMILES string of the molecule is COC(=O)CCC(=O)NOC(=O)c1ccccc1. The van der Waals surface area contributed by atoms with E-state index in [9.17, 15) is 14.4 Å². The molecule has 0 unspecified atom stereocenters. The summed E-state index contributed by atoms with van der Waals surface area (Å²) >= 11 is 0. The van der Waals surface area contributed by atoms with Crippen LogP contribution in [0.4, 0.5) is 0 Å². The second-order valence-electron chi connectivity index (χ2n) is 3.36. The first-order valence-corrected chi connectivity index (χ1v) is 5.25. The quantitative estimate of drug-likeness (QED) is 0.633. The van der Waals surface area contributed by atoms with Crippen molar-refractivity contribution in [2.24, 2.45) is 0 Å². The van der Waals surface area contributed by atoms with Gasteiger partial charge in [0.05, 0.1) is 19.1 Å². The van der Waals surface area contributed by atoms with Gasteiger partial charge in [-0.15, -0.1) is 0 Å². The van der Waals surface area contributed by atoms with E-state index < -0.39 is 17.8 Å². The first-order valence-electron chi connectivity index (χ1n) is 5.25. The minimum atomic E-state index is -0.665. The maximum absolute atomic E-state index is 11.4. The van der Waals surface area contributed by atoms with E-state index in [1.807, 2.05) is 5.48 Å². The molecule has 0 aromatic heterocycles.